The van der Waals surface area contributed by atoms with Gasteiger partial charge in [-0.25, -0.2) is 0 Å². The minimum absolute atomic E-state index is 0.0141. The van der Waals surface area contributed by atoms with Crippen molar-refractivity contribution in [1.82, 2.24) is 4.90 Å². The summed E-state index contributed by atoms with van der Waals surface area (Å²) in [6, 6.07) is 6.69. The van der Waals surface area contributed by atoms with Crippen LogP contribution in [-0.2, 0) is 4.79 Å². The number of nitrogens with zero attached hydrogens (tertiary/aromatic N) is 2. The van der Waals surface area contributed by atoms with Gasteiger partial charge < -0.3 is 4.90 Å². The molecule has 0 bridgehead atoms. The van der Waals surface area contributed by atoms with Gasteiger partial charge in [0.05, 0.1) is 10.5 Å². The minimum Gasteiger partial charge on any atom is -0.339 e. The van der Waals surface area contributed by atoms with E-state index in [4.69, 9.17) is 0 Å². The average Bonchev–Trinajstić information content (AvgIpc) is 2.52. The molecule has 0 spiro atoms. The first-order chi connectivity index (χ1) is 10.5. The first-order valence-corrected chi connectivity index (χ1v) is 7.69. The molecule has 2 atom stereocenters. The Balaban J connectivity index is 2.09. The summed E-state index contributed by atoms with van der Waals surface area (Å²) in [5, 5.41) is 11.0. The summed E-state index contributed by atoms with van der Waals surface area (Å²) >= 11 is 0. The second kappa shape index (κ2) is 7.20. The summed E-state index contributed by atoms with van der Waals surface area (Å²) in [4.78, 5) is 24.6. The third-order valence-corrected chi connectivity index (χ3v) is 4.45. The number of hydrogen-bond acceptors (Lipinski definition) is 3. The molecule has 1 amide bonds. The van der Waals surface area contributed by atoms with Crippen LogP contribution in [0.25, 0.3) is 6.08 Å². The molecule has 1 aromatic carbocycles. The van der Waals surface area contributed by atoms with Crippen LogP contribution in [0.4, 0.5) is 5.69 Å². The zero-order valence-electron chi connectivity index (χ0n) is 13.1. The number of para-hydroxylation sites is 1. The van der Waals surface area contributed by atoms with E-state index in [9.17, 15) is 14.9 Å². The Morgan fingerprint density at radius 1 is 1.32 bits per heavy atom. The lowest BCUT2D eigenvalue weighted by Gasteiger charge is -2.35. The van der Waals surface area contributed by atoms with Gasteiger partial charge in [0.1, 0.15) is 0 Å². The lowest BCUT2D eigenvalue weighted by atomic mass is 9.85. The molecule has 0 N–H and O–H groups in total. The van der Waals surface area contributed by atoms with E-state index in [-0.39, 0.29) is 17.6 Å². The Morgan fingerprint density at radius 3 is 2.68 bits per heavy atom. The number of nitro groups is 1. The molecule has 0 aliphatic heterocycles. The third kappa shape index (κ3) is 3.72. The van der Waals surface area contributed by atoms with Crippen molar-refractivity contribution in [3.05, 3.63) is 46.0 Å². The molecule has 2 rings (SSSR count). The van der Waals surface area contributed by atoms with Gasteiger partial charge in [-0.15, -0.1) is 0 Å². The Morgan fingerprint density at radius 2 is 2.00 bits per heavy atom. The van der Waals surface area contributed by atoms with Crippen molar-refractivity contribution < 1.29 is 9.72 Å². The summed E-state index contributed by atoms with van der Waals surface area (Å²) < 4.78 is 0. The van der Waals surface area contributed by atoms with Crippen molar-refractivity contribution in [3.63, 3.8) is 0 Å². The molecule has 1 fully saturated rings. The first kappa shape index (κ1) is 16.2. The molecule has 1 aliphatic rings. The molecule has 22 heavy (non-hydrogen) atoms. The molecule has 0 aromatic heterocycles. The van der Waals surface area contributed by atoms with Crippen LogP contribution in [0.3, 0.4) is 0 Å². The summed E-state index contributed by atoms with van der Waals surface area (Å²) in [5.41, 5.74) is 0.464. The Hall–Kier alpha value is -2.17. The van der Waals surface area contributed by atoms with Gasteiger partial charge in [0.25, 0.3) is 5.69 Å². The fourth-order valence-electron chi connectivity index (χ4n) is 3.11. The highest BCUT2D eigenvalue weighted by atomic mass is 16.6. The molecule has 5 heteroatoms. The molecule has 5 nitrogen and oxygen atoms in total. The van der Waals surface area contributed by atoms with Gasteiger partial charge in [-0.05, 0) is 30.9 Å². The lowest BCUT2D eigenvalue weighted by Crippen LogP contribution is -2.41. The summed E-state index contributed by atoms with van der Waals surface area (Å²) in [6.45, 7) is 2.18. The van der Waals surface area contributed by atoms with Crippen LogP contribution in [0.1, 0.15) is 38.2 Å². The van der Waals surface area contributed by atoms with Gasteiger partial charge in [-0.3, -0.25) is 14.9 Å². The monoisotopic (exact) mass is 302 g/mol. The van der Waals surface area contributed by atoms with Gasteiger partial charge >= 0.3 is 0 Å². The Labute approximate surface area is 130 Å². The van der Waals surface area contributed by atoms with Gasteiger partial charge in [0.2, 0.25) is 5.91 Å². The molecular formula is C17H22N2O3. The van der Waals surface area contributed by atoms with Gasteiger partial charge in [-0.2, -0.15) is 0 Å². The summed E-state index contributed by atoms with van der Waals surface area (Å²) in [7, 11) is 1.82. The van der Waals surface area contributed by atoms with E-state index in [1.54, 1.807) is 23.1 Å². The highest BCUT2D eigenvalue weighted by molar-refractivity contribution is 5.92. The van der Waals surface area contributed by atoms with E-state index in [0.717, 1.165) is 19.3 Å². The molecule has 0 radical (unpaired) electrons. The van der Waals surface area contributed by atoms with Crippen molar-refractivity contribution in [2.75, 3.05) is 7.05 Å². The fourth-order valence-corrected chi connectivity index (χ4v) is 3.11. The van der Waals surface area contributed by atoms with Crippen LogP contribution < -0.4 is 0 Å². The van der Waals surface area contributed by atoms with E-state index in [1.807, 2.05) is 7.05 Å². The number of carbonyl (C=O) groups is 1. The summed E-state index contributed by atoms with van der Waals surface area (Å²) in [6.07, 6.45) is 7.53. The van der Waals surface area contributed by atoms with Gasteiger partial charge in [0.15, 0.2) is 0 Å². The molecular weight excluding hydrogens is 280 g/mol. The van der Waals surface area contributed by atoms with E-state index >= 15 is 0 Å². The second-order valence-electron chi connectivity index (χ2n) is 5.93. The number of likely N-dealkylation sites (N-methyl/N-ethyl adjacent to an activating group) is 1. The van der Waals surface area contributed by atoms with Crippen molar-refractivity contribution in [1.29, 1.82) is 0 Å². The molecule has 0 heterocycles. The molecule has 0 saturated heterocycles. The fraction of sp³-hybridized carbons (Fsp3) is 0.471. The van der Waals surface area contributed by atoms with E-state index in [2.05, 4.69) is 6.92 Å². The Bertz CT molecular complexity index is 583. The zero-order valence-corrected chi connectivity index (χ0v) is 13.1. The smallest absolute Gasteiger partial charge is 0.276 e. The first-order valence-electron chi connectivity index (χ1n) is 7.69. The largest absolute Gasteiger partial charge is 0.339 e. The van der Waals surface area contributed by atoms with Crippen molar-refractivity contribution in [3.8, 4) is 0 Å². The van der Waals surface area contributed by atoms with E-state index in [0.29, 0.717) is 11.5 Å². The number of benzene rings is 1. The van der Waals surface area contributed by atoms with Crippen molar-refractivity contribution in [2.45, 2.75) is 38.6 Å². The number of carbonyl (C=O) groups excluding carboxylic acids is 1. The van der Waals surface area contributed by atoms with Crippen LogP contribution in [-0.4, -0.2) is 28.8 Å². The number of rotatable bonds is 4. The predicted octanol–water partition coefficient (Wildman–Crippen LogP) is 3.65. The lowest BCUT2D eigenvalue weighted by molar-refractivity contribution is -0.385. The highest BCUT2D eigenvalue weighted by Crippen LogP contribution is 2.27. The van der Waals surface area contributed by atoms with Gasteiger partial charge in [0, 0.05) is 25.2 Å². The molecule has 2 unspecified atom stereocenters. The number of nitro benzene ring substituents is 1. The maximum Gasteiger partial charge on any atom is 0.276 e. The standard InChI is InChI=1S/C17H22N2O3/c1-13-7-3-5-9-15(13)18(2)17(20)12-11-14-8-4-6-10-16(14)19(21)22/h4,6,8,10-13,15H,3,5,7,9H2,1-2H3/b12-11+. The zero-order chi connectivity index (χ0) is 16.1. The van der Waals surface area contributed by atoms with Crippen LogP contribution in [0.5, 0.6) is 0 Å². The van der Waals surface area contributed by atoms with Crippen LogP contribution >= 0.6 is 0 Å². The molecule has 118 valence electrons. The second-order valence-corrected chi connectivity index (χ2v) is 5.93. The quantitative estimate of drug-likeness (QED) is 0.484. The number of hydrogen-bond donors (Lipinski definition) is 0. The van der Waals surface area contributed by atoms with Crippen molar-refractivity contribution in [2.24, 2.45) is 5.92 Å². The maximum absolute atomic E-state index is 12.3. The third-order valence-electron chi connectivity index (χ3n) is 4.45. The minimum atomic E-state index is -0.433. The maximum atomic E-state index is 12.3. The van der Waals surface area contributed by atoms with Crippen LogP contribution in [0, 0.1) is 16.0 Å². The number of amides is 1. The van der Waals surface area contributed by atoms with E-state index < -0.39 is 4.92 Å². The topological polar surface area (TPSA) is 63.5 Å². The van der Waals surface area contributed by atoms with Crippen LogP contribution in [0.2, 0.25) is 0 Å². The Kier molecular flexibility index (Phi) is 5.31. The average molecular weight is 302 g/mol. The molecule has 1 saturated carbocycles. The predicted molar refractivity (Wildman–Crippen MR) is 86.3 cm³/mol. The molecule has 1 aliphatic carbocycles. The van der Waals surface area contributed by atoms with Gasteiger partial charge in [-0.1, -0.05) is 31.9 Å². The highest BCUT2D eigenvalue weighted by Gasteiger charge is 2.26. The van der Waals surface area contributed by atoms with Crippen molar-refractivity contribution >= 4 is 17.7 Å². The molecule has 1 aromatic rings. The van der Waals surface area contributed by atoms with Crippen LogP contribution in [0.15, 0.2) is 30.3 Å². The summed E-state index contributed by atoms with van der Waals surface area (Å²) in [5.74, 6) is 0.402. The SMILES string of the molecule is CC1CCCCC1N(C)C(=O)/C=C/c1ccccc1[N+](=O)[O-]. The van der Waals surface area contributed by atoms with E-state index in [1.165, 1.54) is 24.6 Å². The normalized spacial score (nSPS) is 21.7.